The van der Waals surface area contributed by atoms with Gasteiger partial charge in [-0.25, -0.2) is 0 Å². The van der Waals surface area contributed by atoms with Gasteiger partial charge in [-0.1, -0.05) is 0 Å². The molecule has 2 N–H and O–H groups in total. The summed E-state index contributed by atoms with van der Waals surface area (Å²) in [6.45, 7) is 8.00. The summed E-state index contributed by atoms with van der Waals surface area (Å²) < 4.78 is 5.76. The Morgan fingerprint density at radius 1 is 1.28 bits per heavy atom. The molecule has 18 heavy (non-hydrogen) atoms. The summed E-state index contributed by atoms with van der Waals surface area (Å²) in [5.41, 5.74) is 5.45. The molecule has 3 unspecified atom stereocenters. The van der Waals surface area contributed by atoms with Gasteiger partial charge in [-0.3, -0.25) is 9.69 Å². The van der Waals surface area contributed by atoms with Crippen molar-refractivity contribution in [3.63, 3.8) is 0 Å². The van der Waals surface area contributed by atoms with Crippen LogP contribution in [0.4, 0.5) is 0 Å². The fraction of sp³-hybridized carbons (Fsp3) is 0.923. The van der Waals surface area contributed by atoms with Gasteiger partial charge in [0.1, 0.15) is 0 Å². The number of amides is 1. The van der Waals surface area contributed by atoms with Crippen LogP contribution < -0.4 is 5.73 Å². The van der Waals surface area contributed by atoms with Gasteiger partial charge in [-0.2, -0.15) is 0 Å². The molecule has 2 fully saturated rings. The normalized spacial score (nSPS) is 34.6. The van der Waals surface area contributed by atoms with Crippen LogP contribution in [0.5, 0.6) is 0 Å². The first-order valence-electron chi connectivity index (χ1n) is 6.97. The van der Waals surface area contributed by atoms with E-state index in [9.17, 15) is 4.79 Å². The molecule has 2 aliphatic heterocycles. The van der Waals surface area contributed by atoms with Gasteiger partial charge in [0.25, 0.3) is 0 Å². The number of carbonyl (C=O) groups is 1. The maximum atomic E-state index is 11.7. The zero-order valence-corrected chi connectivity index (χ0v) is 11.5. The molecule has 5 heteroatoms. The monoisotopic (exact) mass is 255 g/mol. The highest BCUT2D eigenvalue weighted by Gasteiger charge is 2.31. The highest BCUT2D eigenvalue weighted by Crippen LogP contribution is 2.20. The van der Waals surface area contributed by atoms with Crippen LogP contribution in [0.15, 0.2) is 0 Å². The molecule has 104 valence electrons. The van der Waals surface area contributed by atoms with E-state index in [0.717, 1.165) is 32.6 Å². The molecule has 2 saturated heterocycles. The average molecular weight is 255 g/mol. The van der Waals surface area contributed by atoms with Crippen molar-refractivity contribution in [1.29, 1.82) is 0 Å². The molecule has 0 aromatic heterocycles. The quantitative estimate of drug-likeness (QED) is 0.757. The average Bonchev–Trinajstić information content (AvgIpc) is 2.37. The van der Waals surface area contributed by atoms with Crippen molar-refractivity contribution < 1.29 is 9.53 Å². The lowest BCUT2D eigenvalue weighted by atomic mass is 10.0. The van der Waals surface area contributed by atoms with Crippen molar-refractivity contribution in [2.45, 2.75) is 44.9 Å². The van der Waals surface area contributed by atoms with Crippen LogP contribution in [-0.4, -0.2) is 66.7 Å². The number of hydrogen-bond acceptors (Lipinski definition) is 4. The first kappa shape index (κ1) is 13.8. The van der Waals surface area contributed by atoms with Crippen LogP contribution in [0.3, 0.4) is 0 Å². The Balaban J connectivity index is 1.93. The Bertz CT molecular complexity index is 288. The second-order valence-corrected chi connectivity index (χ2v) is 5.55. The predicted octanol–water partition coefficient (Wildman–Crippen LogP) is 0.0453. The third-order valence-electron chi connectivity index (χ3n) is 3.89. The van der Waals surface area contributed by atoms with Crippen molar-refractivity contribution in [1.82, 2.24) is 9.80 Å². The molecular formula is C13H25N3O2. The number of morpholine rings is 1. The third kappa shape index (κ3) is 3.22. The summed E-state index contributed by atoms with van der Waals surface area (Å²) >= 11 is 0. The van der Waals surface area contributed by atoms with Crippen molar-refractivity contribution in [3.05, 3.63) is 0 Å². The Hall–Kier alpha value is -0.650. The van der Waals surface area contributed by atoms with E-state index in [1.807, 2.05) is 4.90 Å². The summed E-state index contributed by atoms with van der Waals surface area (Å²) in [6.07, 6.45) is 2.83. The molecule has 5 nitrogen and oxygen atoms in total. The number of rotatable bonds is 2. The first-order valence-corrected chi connectivity index (χ1v) is 6.97. The van der Waals surface area contributed by atoms with Crippen molar-refractivity contribution >= 4 is 5.91 Å². The van der Waals surface area contributed by atoms with E-state index < -0.39 is 0 Å². The van der Waals surface area contributed by atoms with E-state index in [4.69, 9.17) is 10.5 Å². The molecular weight excluding hydrogens is 230 g/mol. The van der Waals surface area contributed by atoms with E-state index in [2.05, 4.69) is 18.7 Å². The minimum atomic E-state index is 0.0778. The van der Waals surface area contributed by atoms with Crippen LogP contribution in [0.1, 0.15) is 26.7 Å². The topological polar surface area (TPSA) is 58.8 Å². The highest BCUT2D eigenvalue weighted by atomic mass is 16.5. The van der Waals surface area contributed by atoms with Gasteiger partial charge >= 0.3 is 0 Å². The molecule has 2 aliphatic rings. The van der Waals surface area contributed by atoms with Crippen molar-refractivity contribution in [2.75, 3.05) is 32.7 Å². The molecule has 0 aromatic carbocycles. The van der Waals surface area contributed by atoms with E-state index in [0.29, 0.717) is 6.04 Å². The summed E-state index contributed by atoms with van der Waals surface area (Å²) in [7, 11) is 0. The lowest BCUT2D eigenvalue weighted by molar-refractivity contribution is -0.133. The van der Waals surface area contributed by atoms with Gasteiger partial charge in [-0.05, 0) is 26.7 Å². The van der Waals surface area contributed by atoms with Gasteiger partial charge in [-0.15, -0.1) is 0 Å². The summed E-state index contributed by atoms with van der Waals surface area (Å²) in [5.74, 6) is 0.0778. The molecule has 0 aliphatic carbocycles. The van der Waals surface area contributed by atoms with Gasteiger partial charge in [0.05, 0.1) is 18.8 Å². The van der Waals surface area contributed by atoms with E-state index >= 15 is 0 Å². The smallest absolute Gasteiger partial charge is 0.236 e. The first-order chi connectivity index (χ1) is 8.60. The standard InChI is InChI=1S/C13H25N3O2/c1-10-7-16(8-11(2)18-10)12-4-3-5-15(9-12)13(17)6-14/h10-12H,3-9,14H2,1-2H3. The number of carbonyl (C=O) groups excluding carboxylic acids is 1. The predicted molar refractivity (Wildman–Crippen MR) is 70.2 cm³/mol. The lowest BCUT2D eigenvalue weighted by Gasteiger charge is -2.44. The minimum Gasteiger partial charge on any atom is -0.373 e. The van der Waals surface area contributed by atoms with Crippen LogP contribution in [0.2, 0.25) is 0 Å². The minimum absolute atomic E-state index is 0.0778. The van der Waals surface area contributed by atoms with Crippen LogP contribution in [0, 0.1) is 0 Å². The second kappa shape index (κ2) is 5.99. The van der Waals surface area contributed by atoms with Crippen LogP contribution >= 0.6 is 0 Å². The number of nitrogens with two attached hydrogens (primary N) is 1. The molecule has 0 bridgehead atoms. The Morgan fingerprint density at radius 3 is 2.56 bits per heavy atom. The van der Waals surface area contributed by atoms with Crippen molar-refractivity contribution in [3.8, 4) is 0 Å². The van der Waals surface area contributed by atoms with Gasteiger partial charge < -0.3 is 15.4 Å². The molecule has 0 aromatic rings. The van der Waals surface area contributed by atoms with Gasteiger partial charge in [0, 0.05) is 32.2 Å². The number of ether oxygens (including phenoxy) is 1. The summed E-state index contributed by atoms with van der Waals surface area (Å²) in [5, 5.41) is 0. The molecule has 0 radical (unpaired) electrons. The third-order valence-corrected chi connectivity index (χ3v) is 3.89. The SMILES string of the molecule is CC1CN(C2CCCN(C(=O)CN)C2)CC(C)O1. The largest absolute Gasteiger partial charge is 0.373 e. The fourth-order valence-corrected chi connectivity index (χ4v) is 3.12. The van der Waals surface area contributed by atoms with Crippen LogP contribution in [-0.2, 0) is 9.53 Å². The molecule has 0 spiro atoms. The summed E-state index contributed by atoms with van der Waals surface area (Å²) in [4.78, 5) is 16.1. The molecule has 1 amide bonds. The van der Waals surface area contributed by atoms with Gasteiger partial charge in [0.15, 0.2) is 0 Å². The van der Waals surface area contributed by atoms with Gasteiger partial charge in [0.2, 0.25) is 5.91 Å². The molecule has 0 saturated carbocycles. The van der Waals surface area contributed by atoms with Crippen molar-refractivity contribution in [2.24, 2.45) is 5.73 Å². The second-order valence-electron chi connectivity index (χ2n) is 5.55. The van der Waals surface area contributed by atoms with Crippen LogP contribution in [0.25, 0.3) is 0 Å². The van der Waals surface area contributed by atoms with E-state index in [1.54, 1.807) is 0 Å². The maximum absolute atomic E-state index is 11.7. The zero-order valence-electron chi connectivity index (χ0n) is 11.5. The molecule has 2 rings (SSSR count). The molecule has 3 atom stereocenters. The zero-order chi connectivity index (χ0) is 13.1. The number of piperidine rings is 1. The van der Waals surface area contributed by atoms with E-state index in [-0.39, 0.29) is 24.7 Å². The molecule has 2 heterocycles. The maximum Gasteiger partial charge on any atom is 0.236 e. The lowest BCUT2D eigenvalue weighted by Crippen LogP contribution is -2.56. The number of nitrogens with zero attached hydrogens (tertiary/aromatic N) is 2. The number of hydrogen-bond donors (Lipinski definition) is 1. The van der Waals surface area contributed by atoms with E-state index in [1.165, 1.54) is 6.42 Å². The fourth-order valence-electron chi connectivity index (χ4n) is 3.12. The number of likely N-dealkylation sites (tertiary alicyclic amines) is 1. The highest BCUT2D eigenvalue weighted by molar-refractivity contribution is 5.78. The summed E-state index contributed by atoms with van der Waals surface area (Å²) in [6, 6.07) is 0.475. The Labute approximate surface area is 109 Å². The Kier molecular flexibility index (Phi) is 4.59. The Morgan fingerprint density at radius 2 is 1.94 bits per heavy atom.